The minimum atomic E-state index is -4.62. The summed E-state index contributed by atoms with van der Waals surface area (Å²) in [6, 6.07) is 6.45. The second-order valence-corrected chi connectivity index (χ2v) is 4.79. The number of hydrogen-bond acceptors (Lipinski definition) is 3. The van der Waals surface area contributed by atoms with E-state index in [-0.39, 0.29) is 11.5 Å². The molecule has 0 aliphatic carbocycles. The molecular formula is C11H6BrClF3N3. The zero-order valence-corrected chi connectivity index (χ0v) is 11.5. The molecule has 0 unspecified atom stereocenters. The van der Waals surface area contributed by atoms with Crippen LogP contribution in [-0.2, 0) is 6.18 Å². The van der Waals surface area contributed by atoms with Crippen molar-refractivity contribution in [1.29, 1.82) is 0 Å². The molecule has 1 aromatic carbocycles. The van der Waals surface area contributed by atoms with Crippen LogP contribution in [0.25, 0.3) is 11.3 Å². The van der Waals surface area contributed by atoms with Gasteiger partial charge in [0.1, 0.15) is 10.3 Å². The maximum absolute atomic E-state index is 12.6. The summed E-state index contributed by atoms with van der Waals surface area (Å²) in [6.45, 7) is 0. The van der Waals surface area contributed by atoms with E-state index in [4.69, 9.17) is 17.3 Å². The summed E-state index contributed by atoms with van der Waals surface area (Å²) in [5.41, 5.74) is 5.01. The molecule has 2 N–H and O–H groups in total. The van der Waals surface area contributed by atoms with Gasteiger partial charge in [0.15, 0.2) is 11.5 Å². The van der Waals surface area contributed by atoms with E-state index in [1.165, 1.54) is 0 Å². The van der Waals surface area contributed by atoms with E-state index in [1.807, 2.05) is 0 Å². The Morgan fingerprint density at radius 3 is 2.47 bits per heavy atom. The minimum absolute atomic E-state index is 0.141. The van der Waals surface area contributed by atoms with Crippen molar-refractivity contribution in [3.05, 3.63) is 39.6 Å². The molecule has 0 saturated heterocycles. The Balaban J connectivity index is 2.59. The molecule has 1 heterocycles. The number of nitrogen functional groups attached to an aromatic ring is 1. The molecular weight excluding hydrogens is 346 g/mol. The van der Waals surface area contributed by atoms with E-state index in [0.29, 0.717) is 10.6 Å². The smallest absolute Gasteiger partial charge is 0.382 e. The Bertz CT molecular complexity index is 631. The average Bonchev–Trinajstić information content (AvgIpc) is 2.30. The monoisotopic (exact) mass is 351 g/mol. The topological polar surface area (TPSA) is 51.8 Å². The third kappa shape index (κ3) is 2.98. The van der Waals surface area contributed by atoms with Gasteiger partial charge in [0.05, 0.1) is 0 Å². The summed E-state index contributed by atoms with van der Waals surface area (Å²) < 4.78 is 37.4. The van der Waals surface area contributed by atoms with Crippen LogP contribution in [0, 0.1) is 0 Å². The zero-order valence-electron chi connectivity index (χ0n) is 9.17. The van der Waals surface area contributed by atoms with Gasteiger partial charge < -0.3 is 5.73 Å². The van der Waals surface area contributed by atoms with Gasteiger partial charge in [-0.3, -0.25) is 0 Å². The van der Waals surface area contributed by atoms with E-state index in [1.54, 1.807) is 24.3 Å². The van der Waals surface area contributed by atoms with Crippen molar-refractivity contribution in [2.75, 3.05) is 5.73 Å². The zero-order chi connectivity index (χ0) is 14.2. The van der Waals surface area contributed by atoms with Gasteiger partial charge in [0.25, 0.3) is 0 Å². The Labute approximate surface area is 119 Å². The quantitative estimate of drug-likeness (QED) is 0.838. The number of nitrogens with zero attached hydrogens (tertiary/aromatic N) is 2. The highest BCUT2D eigenvalue weighted by Gasteiger charge is 2.36. The summed E-state index contributed by atoms with van der Waals surface area (Å²) in [4.78, 5) is 7.15. The van der Waals surface area contributed by atoms with Crippen molar-refractivity contribution in [3.63, 3.8) is 0 Å². The Morgan fingerprint density at radius 2 is 1.89 bits per heavy atom. The van der Waals surface area contributed by atoms with Crippen LogP contribution in [0.1, 0.15) is 5.69 Å². The lowest BCUT2D eigenvalue weighted by Gasteiger charge is -2.11. The van der Waals surface area contributed by atoms with Gasteiger partial charge in [-0.25, -0.2) is 9.97 Å². The number of rotatable bonds is 1. The van der Waals surface area contributed by atoms with Crippen LogP contribution in [0.4, 0.5) is 19.0 Å². The first-order valence-corrected chi connectivity index (χ1v) is 6.12. The summed E-state index contributed by atoms with van der Waals surface area (Å²) in [5.74, 6) is -0.308. The molecule has 1 aromatic heterocycles. The molecule has 0 fully saturated rings. The lowest BCUT2D eigenvalue weighted by molar-refractivity contribution is -0.142. The molecule has 0 aliphatic rings. The fraction of sp³-hybridized carbons (Fsp3) is 0.0909. The van der Waals surface area contributed by atoms with Gasteiger partial charge >= 0.3 is 6.18 Å². The lowest BCUT2D eigenvalue weighted by atomic mass is 10.1. The summed E-state index contributed by atoms with van der Waals surface area (Å²) in [6.07, 6.45) is -4.62. The van der Waals surface area contributed by atoms with Crippen molar-refractivity contribution in [2.45, 2.75) is 6.18 Å². The number of nitrogens with two attached hydrogens (primary N) is 1. The molecule has 0 aliphatic heterocycles. The van der Waals surface area contributed by atoms with Crippen LogP contribution in [0.3, 0.4) is 0 Å². The minimum Gasteiger partial charge on any atom is -0.382 e. The molecule has 0 saturated carbocycles. The molecule has 19 heavy (non-hydrogen) atoms. The van der Waals surface area contributed by atoms with Crippen LogP contribution in [0.5, 0.6) is 0 Å². The normalized spacial score (nSPS) is 11.6. The molecule has 0 spiro atoms. The predicted molar refractivity (Wildman–Crippen MR) is 69.6 cm³/mol. The highest BCUT2D eigenvalue weighted by molar-refractivity contribution is 9.10. The van der Waals surface area contributed by atoms with Gasteiger partial charge in [0.2, 0.25) is 0 Å². The van der Waals surface area contributed by atoms with Gasteiger partial charge in [-0.15, -0.1) is 0 Å². The first-order chi connectivity index (χ1) is 8.79. The van der Waals surface area contributed by atoms with E-state index < -0.39 is 16.5 Å². The molecule has 100 valence electrons. The molecule has 8 heteroatoms. The van der Waals surface area contributed by atoms with Crippen LogP contribution >= 0.6 is 27.5 Å². The van der Waals surface area contributed by atoms with Crippen molar-refractivity contribution in [3.8, 4) is 11.3 Å². The number of hydrogen-bond donors (Lipinski definition) is 1. The molecule has 3 nitrogen and oxygen atoms in total. The summed E-state index contributed by atoms with van der Waals surface area (Å²) in [5, 5.41) is 0.426. The number of benzene rings is 1. The van der Waals surface area contributed by atoms with Crippen molar-refractivity contribution < 1.29 is 13.2 Å². The molecule has 0 bridgehead atoms. The van der Waals surface area contributed by atoms with Gasteiger partial charge in [-0.2, -0.15) is 13.2 Å². The largest absolute Gasteiger partial charge is 0.436 e. The predicted octanol–water partition coefficient (Wildman–Crippen LogP) is 4.16. The number of alkyl halides is 3. The summed E-state index contributed by atoms with van der Waals surface area (Å²) >= 11 is 8.56. The van der Waals surface area contributed by atoms with Gasteiger partial charge in [0, 0.05) is 10.6 Å². The average molecular weight is 353 g/mol. The number of halogens is 5. The van der Waals surface area contributed by atoms with Crippen LogP contribution < -0.4 is 5.73 Å². The highest BCUT2D eigenvalue weighted by atomic mass is 79.9. The fourth-order valence-electron chi connectivity index (χ4n) is 1.46. The molecule has 0 radical (unpaired) electrons. The Morgan fingerprint density at radius 1 is 1.21 bits per heavy atom. The van der Waals surface area contributed by atoms with E-state index in [9.17, 15) is 13.2 Å². The first-order valence-electron chi connectivity index (χ1n) is 4.95. The number of aromatic nitrogens is 2. The molecule has 0 atom stereocenters. The van der Waals surface area contributed by atoms with Crippen molar-refractivity contribution >= 4 is 33.3 Å². The fourth-order valence-corrected chi connectivity index (χ4v) is 2.14. The molecule has 2 aromatic rings. The molecule has 2 rings (SSSR count). The van der Waals surface area contributed by atoms with E-state index in [0.717, 1.165) is 0 Å². The van der Waals surface area contributed by atoms with E-state index in [2.05, 4.69) is 25.9 Å². The molecule has 0 amide bonds. The SMILES string of the molecule is Nc1nc(C(F)(F)F)c(Br)nc1-c1cccc(Cl)c1. The van der Waals surface area contributed by atoms with Crippen molar-refractivity contribution in [1.82, 2.24) is 9.97 Å². The Kier molecular flexibility index (Phi) is 3.69. The maximum atomic E-state index is 12.6. The van der Waals surface area contributed by atoms with Gasteiger partial charge in [-0.05, 0) is 28.1 Å². The van der Waals surface area contributed by atoms with Crippen LogP contribution in [0.15, 0.2) is 28.9 Å². The van der Waals surface area contributed by atoms with E-state index >= 15 is 0 Å². The Hall–Kier alpha value is -1.34. The summed E-state index contributed by atoms with van der Waals surface area (Å²) in [7, 11) is 0. The van der Waals surface area contributed by atoms with Crippen LogP contribution in [0.2, 0.25) is 5.02 Å². The number of anilines is 1. The second kappa shape index (κ2) is 4.97. The first kappa shape index (κ1) is 14.1. The van der Waals surface area contributed by atoms with Crippen molar-refractivity contribution in [2.24, 2.45) is 0 Å². The highest BCUT2D eigenvalue weighted by Crippen LogP contribution is 2.35. The maximum Gasteiger partial charge on any atom is 0.436 e. The van der Waals surface area contributed by atoms with Crippen LogP contribution in [-0.4, -0.2) is 9.97 Å². The third-order valence-electron chi connectivity index (χ3n) is 2.25. The van der Waals surface area contributed by atoms with Gasteiger partial charge in [-0.1, -0.05) is 23.7 Å². The standard InChI is InChI=1S/C11H6BrClF3N3/c12-9-8(11(14,15)16)19-10(17)7(18-9)5-2-1-3-6(13)4-5/h1-4H,(H2,17,19). The third-order valence-corrected chi connectivity index (χ3v) is 3.03. The lowest BCUT2D eigenvalue weighted by Crippen LogP contribution is -2.13. The second-order valence-electron chi connectivity index (χ2n) is 3.60.